The van der Waals surface area contributed by atoms with E-state index in [4.69, 9.17) is 4.74 Å². The van der Waals surface area contributed by atoms with Gasteiger partial charge in [0.25, 0.3) is 15.9 Å². The van der Waals surface area contributed by atoms with Crippen LogP contribution in [0, 0.1) is 0 Å². The highest BCUT2D eigenvalue weighted by Crippen LogP contribution is 2.29. The Labute approximate surface area is 162 Å². The summed E-state index contributed by atoms with van der Waals surface area (Å²) in [6, 6.07) is 10.5. The minimum Gasteiger partial charge on any atom is -0.497 e. The minimum atomic E-state index is -4.78. The van der Waals surface area contributed by atoms with Crippen LogP contribution in [-0.4, -0.2) is 31.6 Å². The smallest absolute Gasteiger partial charge is 0.471 e. The van der Waals surface area contributed by atoms with Crippen LogP contribution < -0.4 is 9.46 Å². The van der Waals surface area contributed by atoms with Crippen molar-refractivity contribution >= 4 is 15.9 Å². The zero-order valence-electron chi connectivity index (χ0n) is 14.6. The Bertz CT molecular complexity index is 1140. The normalized spacial score (nSPS) is 11.9. The molecule has 3 aromatic rings. The number of ether oxygens (including phenoxy) is 1. The Kier molecular flexibility index (Phi) is 5.29. The zero-order chi connectivity index (χ0) is 21.2. The number of benzene rings is 2. The van der Waals surface area contributed by atoms with Gasteiger partial charge >= 0.3 is 12.1 Å². The Morgan fingerprint density at radius 2 is 1.83 bits per heavy atom. The van der Waals surface area contributed by atoms with Crippen LogP contribution in [0.1, 0.15) is 16.2 Å². The van der Waals surface area contributed by atoms with Gasteiger partial charge in [0, 0.05) is 17.2 Å². The van der Waals surface area contributed by atoms with Crippen LogP contribution in [0.3, 0.4) is 0 Å². The van der Waals surface area contributed by atoms with Crippen molar-refractivity contribution in [2.75, 3.05) is 7.11 Å². The maximum absolute atomic E-state index is 12.5. The Morgan fingerprint density at radius 1 is 1.14 bits per heavy atom. The number of methoxy groups -OCH3 is 1. The molecule has 0 saturated heterocycles. The van der Waals surface area contributed by atoms with Crippen molar-refractivity contribution < 1.29 is 35.6 Å². The van der Waals surface area contributed by atoms with Crippen molar-refractivity contribution in [1.29, 1.82) is 0 Å². The summed E-state index contributed by atoms with van der Waals surface area (Å²) in [5.41, 5.74) is 0.108. The van der Waals surface area contributed by atoms with Crippen molar-refractivity contribution in [1.82, 2.24) is 14.9 Å². The predicted molar refractivity (Wildman–Crippen MR) is 92.4 cm³/mol. The lowest BCUT2D eigenvalue weighted by molar-refractivity contribution is -0.159. The first kappa shape index (κ1) is 20.3. The number of alkyl halides is 3. The number of hydrogen-bond acceptors (Lipinski definition) is 7. The quantitative estimate of drug-likeness (QED) is 0.666. The fraction of sp³-hybridized carbons (Fsp3) is 0.118. The van der Waals surface area contributed by atoms with Crippen LogP contribution >= 0.6 is 0 Å². The number of carbonyl (C=O) groups excluding carboxylic acids is 1. The summed E-state index contributed by atoms with van der Waals surface area (Å²) in [5.74, 6) is -2.46. The second kappa shape index (κ2) is 7.54. The van der Waals surface area contributed by atoms with Crippen molar-refractivity contribution in [2.45, 2.75) is 11.1 Å². The van der Waals surface area contributed by atoms with Gasteiger partial charge in [-0.05, 0) is 24.3 Å². The van der Waals surface area contributed by atoms with E-state index in [1.807, 2.05) is 4.72 Å². The molecule has 1 aromatic heterocycles. The lowest BCUT2D eigenvalue weighted by Crippen LogP contribution is -2.30. The van der Waals surface area contributed by atoms with Gasteiger partial charge in [-0.2, -0.15) is 18.2 Å². The molecule has 0 spiro atoms. The SMILES string of the molecule is COc1cccc(S(=O)(=O)NC(=O)c2ccc(-c3noc(C(F)(F)F)n3)cc2)c1. The first-order chi connectivity index (χ1) is 13.6. The van der Waals surface area contributed by atoms with Crippen LogP contribution in [0.2, 0.25) is 0 Å². The average molecular weight is 427 g/mol. The highest BCUT2D eigenvalue weighted by atomic mass is 32.2. The molecular formula is C17H12F3N3O5S. The number of amides is 1. The standard InChI is InChI=1S/C17H12F3N3O5S/c1-27-12-3-2-4-13(9-12)29(25,26)23-15(24)11-7-5-10(6-8-11)14-21-16(28-22-14)17(18,19)20/h2-9H,1H3,(H,23,24). The molecule has 0 atom stereocenters. The van der Waals surface area contributed by atoms with Gasteiger partial charge < -0.3 is 9.26 Å². The summed E-state index contributed by atoms with van der Waals surface area (Å²) in [6.07, 6.45) is -4.78. The van der Waals surface area contributed by atoms with E-state index in [1.165, 1.54) is 49.6 Å². The molecule has 0 aliphatic rings. The number of carbonyl (C=O) groups is 1. The molecule has 2 aromatic carbocycles. The highest BCUT2D eigenvalue weighted by molar-refractivity contribution is 7.90. The molecule has 3 rings (SSSR count). The van der Waals surface area contributed by atoms with Crippen LogP contribution in [-0.2, 0) is 16.2 Å². The van der Waals surface area contributed by atoms with Crippen molar-refractivity contribution in [3.05, 3.63) is 60.0 Å². The summed E-state index contributed by atoms with van der Waals surface area (Å²) in [4.78, 5) is 15.3. The van der Waals surface area contributed by atoms with E-state index in [0.29, 0.717) is 5.75 Å². The number of aromatic nitrogens is 2. The number of rotatable bonds is 5. The molecule has 8 nitrogen and oxygen atoms in total. The van der Waals surface area contributed by atoms with Gasteiger partial charge in [0.15, 0.2) is 0 Å². The summed E-state index contributed by atoms with van der Waals surface area (Å²) >= 11 is 0. The van der Waals surface area contributed by atoms with Gasteiger partial charge in [-0.15, -0.1) is 0 Å². The predicted octanol–water partition coefficient (Wildman–Crippen LogP) is 2.88. The molecule has 0 aliphatic carbocycles. The first-order valence-corrected chi connectivity index (χ1v) is 9.31. The molecule has 12 heteroatoms. The van der Waals surface area contributed by atoms with Gasteiger partial charge in [-0.3, -0.25) is 4.79 Å². The number of nitrogens with zero attached hydrogens (tertiary/aromatic N) is 2. The molecule has 0 unspecified atom stereocenters. The van der Waals surface area contributed by atoms with Gasteiger partial charge in [0.2, 0.25) is 5.82 Å². The number of hydrogen-bond donors (Lipinski definition) is 1. The number of halogens is 3. The van der Waals surface area contributed by atoms with E-state index in [1.54, 1.807) is 6.07 Å². The lowest BCUT2D eigenvalue weighted by Gasteiger charge is -2.08. The van der Waals surface area contributed by atoms with Crippen molar-refractivity contribution in [2.24, 2.45) is 0 Å². The van der Waals surface area contributed by atoms with Crippen LogP contribution in [0.25, 0.3) is 11.4 Å². The molecule has 29 heavy (non-hydrogen) atoms. The second-order valence-corrected chi connectivity index (χ2v) is 7.29. The van der Waals surface area contributed by atoms with E-state index in [-0.39, 0.29) is 21.8 Å². The molecule has 0 bridgehead atoms. The van der Waals surface area contributed by atoms with Crippen LogP contribution in [0.15, 0.2) is 57.9 Å². The first-order valence-electron chi connectivity index (χ1n) is 7.83. The monoisotopic (exact) mass is 427 g/mol. The average Bonchev–Trinajstić information content (AvgIpc) is 3.18. The minimum absolute atomic E-state index is 0.0419. The van der Waals surface area contributed by atoms with Crippen molar-refractivity contribution in [3.63, 3.8) is 0 Å². The molecule has 152 valence electrons. The summed E-state index contributed by atoms with van der Waals surface area (Å²) < 4.78 is 73.2. The number of nitrogens with one attached hydrogen (secondary N) is 1. The molecule has 0 radical (unpaired) electrons. The van der Waals surface area contributed by atoms with Gasteiger partial charge in [-0.1, -0.05) is 23.4 Å². The molecule has 1 N–H and O–H groups in total. The molecule has 0 aliphatic heterocycles. The molecule has 0 fully saturated rings. The summed E-state index contributed by atoms with van der Waals surface area (Å²) in [7, 11) is -2.79. The maximum Gasteiger partial charge on any atom is 0.471 e. The van der Waals surface area contributed by atoms with E-state index in [2.05, 4.69) is 14.7 Å². The van der Waals surface area contributed by atoms with E-state index in [0.717, 1.165) is 0 Å². The third-order valence-electron chi connectivity index (χ3n) is 3.65. The molecule has 0 saturated carbocycles. The third-order valence-corrected chi connectivity index (χ3v) is 4.98. The van der Waals surface area contributed by atoms with Crippen LogP contribution in [0.5, 0.6) is 5.75 Å². The Balaban J connectivity index is 1.77. The van der Waals surface area contributed by atoms with Gasteiger partial charge in [0.05, 0.1) is 12.0 Å². The van der Waals surface area contributed by atoms with E-state index >= 15 is 0 Å². The van der Waals surface area contributed by atoms with E-state index in [9.17, 15) is 26.4 Å². The van der Waals surface area contributed by atoms with E-state index < -0.39 is 28.0 Å². The fourth-order valence-electron chi connectivity index (χ4n) is 2.23. The maximum atomic E-state index is 12.5. The highest BCUT2D eigenvalue weighted by Gasteiger charge is 2.38. The zero-order valence-corrected chi connectivity index (χ0v) is 15.4. The largest absolute Gasteiger partial charge is 0.497 e. The lowest BCUT2D eigenvalue weighted by atomic mass is 10.1. The van der Waals surface area contributed by atoms with Gasteiger partial charge in [0.1, 0.15) is 5.75 Å². The van der Waals surface area contributed by atoms with Crippen LogP contribution in [0.4, 0.5) is 13.2 Å². The number of sulfonamides is 1. The Morgan fingerprint density at radius 3 is 2.41 bits per heavy atom. The van der Waals surface area contributed by atoms with Crippen molar-refractivity contribution in [3.8, 4) is 17.1 Å². The molecule has 1 heterocycles. The Hall–Kier alpha value is -3.41. The topological polar surface area (TPSA) is 111 Å². The van der Waals surface area contributed by atoms with Gasteiger partial charge in [-0.25, -0.2) is 13.1 Å². The second-order valence-electron chi connectivity index (χ2n) is 5.61. The molecular weight excluding hydrogens is 415 g/mol. The molecule has 1 amide bonds. The summed E-state index contributed by atoms with van der Waals surface area (Å²) in [6.45, 7) is 0. The third kappa shape index (κ3) is 4.54. The fourth-order valence-corrected chi connectivity index (χ4v) is 3.24. The summed E-state index contributed by atoms with van der Waals surface area (Å²) in [5, 5.41) is 3.23.